The molecule has 2 aliphatic rings. The number of hydrogen-bond acceptors (Lipinski definition) is 3. The van der Waals surface area contributed by atoms with E-state index in [2.05, 4.69) is 5.32 Å². The Morgan fingerprint density at radius 3 is 2.96 bits per heavy atom. The Kier molecular flexibility index (Phi) is 5.09. The molecule has 0 saturated carbocycles. The van der Waals surface area contributed by atoms with Gasteiger partial charge in [-0.25, -0.2) is 0 Å². The van der Waals surface area contributed by atoms with Gasteiger partial charge in [-0.3, -0.25) is 9.59 Å². The molecule has 1 N–H and O–H groups in total. The van der Waals surface area contributed by atoms with Crippen LogP contribution in [0.1, 0.15) is 19.3 Å². The van der Waals surface area contributed by atoms with E-state index in [0.29, 0.717) is 28.8 Å². The lowest BCUT2D eigenvalue weighted by Crippen LogP contribution is -2.34. The first-order valence-electron chi connectivity index (χ1n) is 7.69. The van der Waals surface area contributed by atoms with Crippen LogP contribution < -0.4 is 5.32 Å². The van der Waals surface area contributed by atoms with Gasteiger partial charge in [-0.1, -0.05) is 29.3 Å². The molecule has 0 aliphatic carbocycles. The number of nitrogens with zero attached hydrogens (tertiary/aromatic N) is 1. The first kappa shape index (κ1) is 16.6. The van der Waals surface area contributed by atoms with Crippen LogP contribution in [0.4, 0.5) is 5.69 Å². The van der Waals surface area contributed by atoms with E-state index in [-0.39, 0.29) is 30.3 Å². The summed E-state index contributed by atoms with van der Waals surface area (Å²) in [6.45, 7) is 1.74. The lowest BCUT2D eigenvalue weighted by molar-refractivity contribution is -0.129. The maximum absolute atomic E-state index is 12.4. The quantitative estimate of drug-likeness (QED) is 0.901. The molecule has 5 nitrogen and oxygen atoms in total. The number of hydrogen-bond donors (Lipinski definition) is 1. The molecule has 0 radical (unpaired) electrons. The Labute approximate surface area is 144 Å². The molecule has 2 atom stereocenters. The zero-order valence-electron chi connectivity index (χ0n) is 12.6. The lowest BCUT2D eigenvalue weighted by atomic mass is 10.1. The highest BCUT2D eigenvalue weighted by Gasteiger charge is 2.36. The molecule has 0 bridgehead atoms. The monoisotopic (exact) mass is 356 g/mol. The van der Waals surface area contributed by atoms with Crippen LogP contribution in [0.5, 0.6) is 0 Å². The highest BCUT2D eigenvalue weighted by Crippen LogP contribution is 2.30. The number of carbonyl (C=O) groups excluding carboxylic acids is 2. The molecule has 2 fully saturated rings. The van der Waals surface area contributed by atoms with Gasteiger partial charge >= 0.3 is 0 Å². The van der Waals surface area contributed by atoms with Crippen LogP contribution in [0.2, 0.25) is 10.0 Å². The summed E-state index contributed by atoms with van der Waals surface area (Å²) < 4.78 is 5.56. The summed E-state index contributed by atoms with van der Waals surface area (Å²) in [6, 6.07) is 5.06. The summed E-state index contributed by atoms with van der Waals surface area (Å²) in [6.07, 6.45) is 2.32. The van der Waals surface area contributed by atoms with E-state index in [1.54, 1.807) is 23.1 Å². The fourth-order valence-electron chi connectivity index (χ4n) is 2.99. The summed E-state index contributed by atoms with van der Waals surface area (Å²) in [5.41, 5.74) is 0.467. The molecule has 2 heterocycles. The molecule has 23 heavy (non-hydrogen) atoms. The molecule has 124 valence electrons. The third kappa shape index (κ3) is 3.79. The minimum absolute atomic E-state index is 0.00200. The van der Waals surface area contributed by atoms with E-state index in [1.165, 1.54) is 0 Å². The van der Waals surface area contributed by atoms with Gasteiger partial charge in [-0.15, -0.1) is 0 Å². The fourth-order valence-corrected chi connectivity index (χ4v) is 3.34. The fraction of sp³-hybridized carbons (Fsp3) is 0.500. The molecule has 2 amide bonds. The van der Waals surface area contributed by atoms with Crippen molar-refractivity contribution in [2.24, 2.45) is 5.92 Å². The second kappa shape index (κ2) is 7.07. The number of likely N-dealkylation sites (tertiary alicyclic amines) is 1. The van der Waals surface area contributed by atoms with Gasteiger partial charge in [-0.05, 0) is 25.0 Å². The van der Waals surface area contributed by atoms with E-state index in [1.807, 2.05) is 0 Å². The first-order chi connectivity index (χ1) is 11.0. The molecular weight excluding hydrogens is 339 g/mol. The summed E-state index contributed by atoms with van der Waals surface area (Å²) in [7, 11) is 0. The van der Waals surface area contributed by atoms with E-state index in [0.717, 1.165) is 19.4 Å². The average Bonchev–Trinajstić information content (AvgIpc) is 3.15. The van der Waals surface area contributed by atoms with Gasteiger partial charge in [0.1, 0.15) is 0 Å². The predicted molar refractivity (Wildman–Crippen MR) is 88.8 cm³/mol. The summed E-state index contributed by atoms with van der Waals surface area (Å²) in [5, 5.41) is 3.45. The number of ether oxygens (including phenoxy) is 1. The van der Waals surface area contributed by atoms with E-state index >= 15 is 0 Å². The molecule has 1 aromatic rings. The zero-order valence-corrected chi connectivity index (χ0v) is 14.1. The normalized spacial score (nSPS) is 24.3. The van der Waals surface area contributed by atoms with Crippen molar-refractivity contribution in [3.8, 4) is 0 Å². The van der Waals surface area contributed by atoms with E-state index in [4.69, 9.17) is 27.9 Å². The van der Waals surface area contributed by atoms with Crippen molar-refractivity contribution >= 4 is 40.7 Å². The smallest absolute Gasteiger partial charge is 0.229 e. The van der Waals surface area contributed by atoms with Crippen LogP contribution in [0.15, 0.2) is 18.2 Å². The Hall–Kier alpha value is -1.30. The molecule has 7 heteroatoms. The van der Waals surface area contributed by atoms with Crippen LogP contribution in [0, 0.1) is 5.92 Å². The number of carbonyl (C=O) groups is 2. The van der Waals surface area contributed by atoms with Gasteiger partial charge in [0.15, 0.2) is 0 Å². The van der Waals surface area contributed by atoms with E-state index in [9.17, 15) is 9.59 Å². The third-order valence-electron chi connectivity index (χ3n) is 4.24. The minimum atomic E-state index is -0.376. The van der Waals surface area contributed by atoms with Crippen molar-refractivity contribution in [3.05, 3.63) is 28.2 Å². The maximum atomic E-state index is 12.4. The molecule has 2 unspecified atom stereocenters. The molecular formula is C16H18Cl2N2O3. The third-order valence-corrected chi connectivity index (χ3v) is 5.06. The summed E-state index contributed by atoms with van der Waals surface area (Å²) in [4.78, 5) is 26.2. The van der Waals surface area contributed by atoms with Crippen molar-refractivity contribution in [1.29, 1.82) is 0 Å². The lowest BCUT2D eigenvalue weighted by Gasteiger charge is -2.20. The molecule has 1 aromatic carbocycles. The number of rotatable bonds is 4. The molecule has 0 aromatic heterocycles. The number of halogens is 2. The first-order valence-corrected chi connectivity index (χ1v) is 8.44. The standard InChI is InChI=1S/C16H18Cl2N2O3/c17-12-4-1-5-13(15(12)18)19-16(22)10-7-14(21)20(8-10)9-11-3-2-6-23-11/h1,4-5,10-11H,2-3,6-9H2,(H,19,22). The van der Waals surface area contributed by atoms with Gasteiger partial charge in [-0.2, -0.15) is 0 Å². The Bertz CT molecular complexity index is 617. The van der Waals surface area contributed by atoms with Gasteiger partial charge in [0.25, 0.3) is 0 Å². The van der Waals surface area contributed by atoms with Gasteiger partial charge in [0.05, 0.1) is 27.8 Å². The second-order valence-electron chi connectivity index (χ2n) is 5.93. The number of nitrogens with one attached hydrogen (secondary N) is 1. The van der Waals surface area contributed by atoms with Gasteiger partial charge < -0.3 is 15.0 Å². The molecule has 0 spiro atoms. The summed E-state index contributed by atoms with van der Waals surface area (Å²) in [5.74, 6) is -0.589. The average molecular weight is 357 g/mol. The van der Waals surface area contributed by atoms with Crippen LogP contribution in [-0.2, 0) is 14.3 Å². The number of benzene rings is 1. The number of amides is 2. The largest absolute Gasteiger partial charge is 0.376 e. The van der Waals surface area contributed by atoms with Crippen molar-refractivity contribution in [2.75, 3.05) is 25.0 Å². The SMILES string of the molecule is O=C(Nc1cccc(Cl)c1Cl)C1CC(=O)N(CC2CCCO2)C1. The summed E-state index contributed by atoms with van der Waals surface area (Å²) >= 11 is 12.0. The van der Waals surface area contributed by atoms with Gasteiger partial charge in [0.2, 0.25) is 11.8 Å². The topological polar surface area (TPSA) is 58.6 Å². The highest BCUT2D eigenvalue weighted by atomic mass is 35.5. The van der Waals surface area contributed by atoms with Crippen LogP contribution >= 0.6 is 23.2 Å². The Morgan fingerprint density at radius 2 is 2.22 bits per heavy atom. The maximum Gasteiger partial charge on any atom is 0.229 e. The second-order valence-corrected chi connectivity index (χ2v) is 6.71. The zero-order chi connectivity index (χ0) is 16.4. The van der Waals surface area contributed by atoms with Crippen molar-refractivity contribution in [1.82, 2.24) is 4.90 Å². The van der Waals surface area contributed by atoms with Crippen molar-refractivity contribution < 1.29 is 14.3 Å². The van der Waals surface area contributed by atoms with Crippen LogP contribution in [0.25, 0.3) is 0 Å². The number of anilines is 1. The van der Waals surface area contributed by atoms with Crippen LogP contribution in [-0.4, -0.2) is 42.5 Å². The van der Waals surface area contributed by atoms with E-state index < -0.39 is 0 Å². The Morgan fingerprint density at radius 1 is 1.39 bits per heavy atom. The van der Waals surface area contributed by atoms with Crippen LogP contribution in [0.3, 0.4) is 0 Å². The minimum Gasteiger partial charge on any atom is -0.376 e. The Balaban J connectivity index is 1.60. The van der Waals surface area contributed by atoms with Gasteiger partial charge in [0, 0.05) is 26.1 Å². The molecule has 3 rings (SSSR count). The molecule has 2 aliphatic heterocycles. The highest BCUT2D eigenvalue weighted by molar-refractivity contribution is 6.44. The molecule has 2 saturated heterocycles. The van der Waals surface area contributed by atoms with Crippen molar-refractivity contribution in [3.63, 3.8) is 0 Å². The van der Waals surface area contributed by atoms with Crippen molar-refractivity contribution in [2.45, 2.75) is 25.4 Å². The predicted octanol–water partition coefficient (Wildman–Crippen LogP) is 2.96.